The molecule has 0 bridgehead atoms. The third-order valence-electron chi connectivity index (χ3n) is 4.91. The molecule has 0 radical (unpaired) electrons. The van der Waals surface area contributed by atoms with Gasteiger partial charge in [0, 0.05) is 18.2 Å². The van der Waals surface area contributed by atoms with E-state index in [2.05, 4.69) is 11.9 Å². The lowest BCUT2D eigenvalue weighted by atomic mass is 9.70. The Morgan fingerprint density at radius 3 is 2.29 bits per heavy atom. The fourth-order valence-corrected chi connectivity index (χ4v) is 3.37. The predicted molar refractivity (Wildman–Crippen MR) is 106 cm³/mol. The summed E-state index contributed by atoms with van der Waals surface area (Å²) >= 11 is 0. The number of carbonyl (C=O) groups excluding carboxylic acids is 1. The molecular weight excluding hydrogens is 363 g/mol. The molecule has 0 fully saturated rings. The maximum atomic E-state index is 14.2. The normalized spacial score (nSPS) is 19.1. The van der Waals surface area contributed by atoms with E-state index in [4.69, 9.17) is 0 Å². The molecule has 0 aromatic heterocycles. The van der Waals surface area contributed by atoms with Crippen molar-refractivity contribution in [1.82, 2.24) is 0 Å². The Kier molecular flexibility index (Phi) is 5.27. The molecule has 2 aromatic carbocycles. The number of nitrogens with one attached hydrogen (secondary N) is 1. The van der Waals surface area contributed by atoms with Gasteiger partial charge in [0.05, 0.1) is 0 Å². The highest BCUT2D eigenvalue weighted by Crippen LogP contribution is 2.54. The van der Waals surface area contributed by atoms with E-state index < -0.39 is 11.6 Å². The van der Waals surface area contributed by atoms with Gasteiger partial charge in [0.1, 0.15) is 5.41 Å². The summed E-state index contributed by atoms with van der Waals surface area (Å²) in [7, 11) is 0. The van der Waals surface area contributed by atoms with E-state index in [0.717, 1.165) is 11.1 Å². The molecule has 1 aliphatic rings. The Morgan fingerprint density at radius 1 is 1.07 bits per heavy atom. The molecule has 1 aliphatic carbocycles. The van der Waals surface area contributed by atoms with Gasteiger partial charge >= 0.3 is 6.18 Å². The minimum atomic E-state index is -4.54. The van der Waals surface area contributed by atoms with Crippen LogP contribution >= 0.6 is 0 Å². The first kappa shape index (κ1) is 19.7. The molecule has 2 aromatic rings. The second-order valence-corrected chi connectivity index (χ2v) is 6.74. The summed E-state index contributed by atoms with van der Waals surface area (Å²) in [6, 6.07) is 15.7. The summed E-state index contributed by atoms with van der Waals surface area (Å²) in [5.74, 6) is -0.355. The van der Waals surface area contributed by atoms with Crippen molar-refractivity contribution in [3.05, 3.63) is 90.5 Å². The van der Waals surface area contributed by atoms with Crippen LogP contribution in [0.1, 0.15) is 24.5 Å². The SMILES string of the molecule is C=C(c1ccccc1NC(C)=O)C1(C(F)(F)F)C=CC(c2ccccc2)=CC1. The highest BCUT2D eigenvalue weighted by molar-refractivity contribution is 5.93. The lowest BCUT2D eigenvalue weighted by Gasteiger charge is -2.37. The zero-order chi connectivity index (χ0) is 20.4. The Morgan fingerprint density at radius 2 is 1.71 bits per heavy atom. The summed E-state index contributed by atoms with van der Waals surface area (Å²) in [5.41, 5.74) is -0.142. The topological polar surface area (TPSA) is 29.1 Å². The number of carbonyl (C=O) groups is 1. The van der Waals surface area contributed by atoms with Crippen LogP contribution in [0.25, 0.3) is 11.1 Å². The standard InChI is InChI=1S/C23H20F3NO/c1-16(20-10-6-7-11-21(20)27-17(2)28)22(23(24,25)26)14-12-19(13-15-22)18-8-4-3-5-9-18/h3-14H,1,15H2,2H3,(H,27,28). The first-order chi connectivity index (χ1) is 13.2. The molecule has 28 heavy (non-hydrogen) atoms. The Balaban J connectivity index is 2.02. The zero-order valence-corrected chi connectivity index (χ0v) is 15.4. The van der Waals surface area contributed by atoms with E-state index in [9.17, 15) is 18.0 Å². The highest BCUT2D eigenvalue weighted by Gasteiger charge is 2.55. The van der Waals surface area contributed by atoms with Gasteiger partial charge in [-0.1, -0.05) is 73.3 Å². The Hall–Kier alpha value is -3.08. The summed E-state index contributed by atoms with van der Waals surface area (Å²) in [6.07, 6.45) is -0.525. The van der Waals surface area contributed by atoms with Gasteiger partial charge in [-0.25, -0.2) is 0 Å². The van der Waals surface area contributed by atoms with Crippen molar-refractivity contribution in [2.75, 3.05) is 5.32 Å². The molecule has 144 valence electrons. The lowest BCUT2D eigenvalue weighted by molar-refractivity contribution is -0.184. The Labute approximate surface area is 162 Å². The average Bonchev–Trinajstić information content (AvgIpc) is 2.67. The molecule has 2 nitrogen and oxygen atoms in total. The molecule has 0 spiro atoms. The third kappa shape index (κ3) is 3.65. The monoisotopic (exact) mass is 383 g/mol. The van der Waals surface area contributed by atoms with Gasteiger partial charge in [0.25, 0.3) is 0 Å². The van der Waals surface area contributed by atoms with Crippen LogP contribution in [0.4, 0.5) is 18.9 Å². The van der Waals surface area contributed by atoms with Crippen molar-refractivity contribution in [2.45, 2.75) is 19.5 Å². The summed E-state index contributed by atoms with van der Waals surface area (Å²) < 4.78 is 42.7. The van der Waals surface area contributed by atoms with E-state index in [1.807, 2.05) is 30.3 Å². The number of anilines is 1. The van der Waals surface area contributed by atoms with Gasteiger partial charge in [0.15, 0.2) is 0 Å². The van der Waals surface area contributed by atoms with Crippen LogP contribution in [-0.2, 0) is 4.79 Å². The highest BCUT2D eigenvalue weighted by atomic mass is 19.4. The molecule has 0 saturated carbocycles. The summed E-state index contributed by atoms with van der Waals surface area (Å²) in [4.78, 5) is 11.5. The molecule has 1 unspecified atom stereocenters. The number of halogens is 3. The fourth-order valence-electron chi connectivity index (χ4n) is 3.37. The number of para-hydroxylation sites is 1. The van der Waals surface area contributed by atoms with E-state index >= 15 is 0 Å². The second kappa shape index (κ2) is 7.50. The lowest BCUT2D eigenvalue weighted by Crippen LogP contribution is -2.38. The summed E-state index contributed by atoms with van der Waals surface area (Å²) in [6.45, 7) is 5.12. The molecule has 5 heteroatoms. The van der Waals surface area contributed by atoms with Crippen LogP contribution in [0.2, 0.25) is 0 Å². The minimum Gasteiger partial charge on any atom is -0.326 e. The van der Waals surface area contributed by atoms with Crippen LogP contribution in [0.3, 0.4) is 0 Å². The molecule has 0 aliphatic heterocycles. The molecule has 1 N–H and O–H groups in total. The van der Waals surface area contributed by atoms with Gasteiger partial charge < -0.3 is 5.32 Å². The molecular formula is C23H20F3NO. The first-order valence-corrected chi connectivity index (χ1v) is 8.82. The van der Waals surface area contributed by atoms with Crippen molar-refractivity contribution in [2.24, 2.45) is 5.41 Å². The van der Waals surface area contributed by atoms with Crippen LogP contribution in [0.5, 0.6) is 0 Å². The van der Waals surface area contributed by atoms with E-state index in [0.29, 0.717) is 5.69 Å². The number of allylic oxidation sites excluding steroid dienone is 5. The van der Waals surface area contributed by atoms with Crippen LogP contribution in [0.15, 0.2) is 79.4 Å². The predicted octanol–water partition coefficient (Wildman–Crippen LogP) is 6.25. The van der Waals surface area contributed by atoms with Crippen LogP contribution in [-0.4, -0.2) is 12.1 Å². The average molecular weight is 383 g/mol. The van der Waals surface area contributed by atoms with Crippen molar-refractivity contribution in [3.63, 3.8) is 0 Å². The number of benzene rings is 2. The van der Waals surface area contributed by atoms with Gasteiger partial charge in [-0.15, -0.1) is 0 Å². The number of hydrogen-bond acceptors (Lipinski definition) is 1. The largest absolute Gasteiger partial charge is 0.402 e. The van der Waals surface area contributed by atoms with Crippen LogP contribution in [0, 0.1) is 5.41 Å². The smallest absolute Gasteiger partial charge is 0.326 e. The van der Waals surface area contributed by atoms with Crippen molar-refractivity contribution in [3.8, 4) is 0 Å². The van der Waals surface area contributed by atoms with Crippen molar-refractivity contribution < 1.29 is 18.0 Å². The van der Waals surface area contributed by atoms with Gasteiger partial charge in [-0.3, -0.25) is 4.79 Å². The van der Waals surface area contributed by atoms with Gasteiger partial charge in [0.2, 0.25) is 5.91 Å². The molecule has 1 atom stereocenters. The van der Waals surface area contributed by atoms with E-state index in [-0.39, 0.29) is 23.5 Å². The summed E-state index contributed by atoms with van der Waals surface area (Å²) in [5, 5.41) is 2.59. The maximum Gasteiger partial charge on any atom is 0.402 e. The molecule has 1 amide bonds. The molecule has 0 saturated heterocycles. The first-order valence-electron chi connectivity index (χ1n) is 8.82. The molecule has 3 rings (SSSR count). The van der Waals surface area contributed by atoms with Crippen LogP contribution < -0.4 is 5.32 Å². The zero-order valence-electron chi connectivity index (χ0n) is 15.4. The maximum absolute atomic E-state index is 14.2. The van der Waals surface area contributed by atoms with Crippen molar-refractivity contribution >= 4 is 22.7 Å². The third-order valence-corrected chi connectivity index (χ3v) is 4.91. The van der Waals surface area contributed by atoms with Gasteiger partial charge in [-0.2, -0.15) is 13.2 Å². The second-order valence-electron chi connectivity index (χ2n) is 6.74. The van der Waals surface area contributed by atoms with Crippen molar-refractivity contribution in [1.29, 1.82) is 0 Å². The number of alkyl halides is 3. The number of amides is 1. The number of rotatable bonds is 4. The van der Waals surface area contributed by atoms with E-state index in [1.54, 1.807) is 30.3 Å². The quantitative estimate of drug-likeness (QED) is 0.664. The number of hydrogen-bond donors (Lipinski definition) is 1. The van der Waals surface area contributed by atoms with Gasteiger partial charge in [-0.05, 0) is 29.2 Å². The Bertz CT molecular complexity index is 957. The molecule has 0 heterocycles. The van der Waals surface area contributed by atoms with E-state index in [1.165, 1.54) is 19.1 Å². The fraction of sp³-hybridized carbons (Fsp3) is 0.174. The minimum absolute atomic E-state index is 0.0936.